The Hall–Kier alpha value is -1.68. The third-order valence-electron chi connectivity index (χ3n) is 3.12. The normalized spacial score (nSPS) is 12.7. The zero-order valence-electron chi connectivity index (χ0n) is 10.9. The topological polar surface area (TPSA) is 29.9 Å². The number of rotatable bonds is 4. The van der Waals surface area contributed by atoms with Crippen molar-refractivity contribution in [3.05, 3.63) is 53.1 Å². The van der Waals surface area contributed by atoms with Crippen LogP contribution >= 0.6 is 0 Å². The van der Waals surface area contributed by atoms with E-state index in [9.17, 15) is 4.39 Å². The molecule has 1 aromatic heterocycles. The summed E-state index contributed by atoms with van der Waals surface area (Å²) in [6.45, 7) is 2.08. The maximum atomic E-state index is 13.0. The highest BCUT2D eigenvalue weighted by atomic mass is 19.1. The predicted octanol–water partition coefficient (Wildman–Crippen LogP) is 2.43. The Morgan fingerprint density at radius 2 is 2.00 bits per heavy atom. The Bertz CT molecular complexity index is 516. The van der Waals surface area contributed by atoms with Gasteiger partial charge in [-0.2, -0.15) is 5.10 Å². The first-order valence-corrected chi connectivity index (χ1v) is 6.11. The van der Waals surface area contributed by atoms with Crippen LogP contribution in [-0.4, -0.2) is 16.8 Å². The number of halogens is 1. The van der Waals surface area contributed by atoms with E-state index in [0.717, 1.165) is 23.4 Å². The van der Waals surface area contributed by atoms with Crippen molar-refractivity contribution in [2.24, 2.45) is 7.05 Å². The van der Waals surface area contributed by atoms with Crippen LogP contribution in [0.1, 0.15) is 29.9 Å². The number of hydrogen-bond acceptors (Lipinski definition) is 2. The summed E-state index contributed by atoms with van der Waals surface area (Å²) in [5, 5.41) is 7.69. The maximum Gasteiger partial charge on any atom is 0.123 e. The highest BCUT2D eigenvalue weighted by molar-refractivity contribution is 5.29. The van der Waals surface area contributed by atoms with Crippen LogP contribution in [-0.2, 0) is 13.5 Å². The highest BCUT2D eigenvalue weighted by Gasteiger charge is 2.16. The van der Waals surface area contributed by atoms with E-state index in [0.29, 0.717) is 0 Å². The van der Waals surface area contributed by atoms with Gasteiger partial charge in [0.2, 0.25) is 0 Å². The van der Waals surface area contributed by atoms with Crippen molar-refractivity contribution in [1.82, 2.24) is 15.1 Å². The molecule has 0 aliphatic rings. The van der Waals surface area contributed by atoms with Crippen LogP contribution in [0, 0.1) is 5.82 Å². The van der Waals surface area contributed by atoms with Crippen molar-refractivity contribution in [3.63, 3.8) is 0 Å². The summed E-state index contributed by atoms with van der Waals surface area (Å²) in [6.07, 6.45) is 0.910. The molecule has 1 N–H and O–H groups in total. The van der Waals surface area contributed by atoms with Crippen LogP contribution in [0.15, 0.2) is 30.3 Å². The van der Waals surface area contributed by atoms with Gasteiger partial charge in [0.1, 0.15) is 5.82 Å². The average molecular weight is 247 g/mol. The van der Waals surface area contributed by atoms with Crippen molar-refractivity contribution in [2.45, 2.75) is 19.4 Å². The summed E-state index contributed by atoms with van der Waals surface area (Å²) >= 11 is 0. The van der Waals surface area contributed by atoms with Gasteiger partial charge in [-0.15, -0.1) is 0 Å². The number of aryl methyl sites for hydroxylation is 2. The molecule has 0 aliphatic heterocycles. The summed E-state index contributed by atoms with van der Waals surface area (Å²) in [6, 6.07) is 8.69. The largest absolute Gasteiger partial charge is 0.308 e. The van der Waals surface area contributed by atoms with Crippen molar-refractivity contribution in [1.29, 1.82) is 0 Å². The third-order valence-corrected chi connectivity index (χ3v) is 3.12. The summed E-state index contributed by atoms with van der Waals surface area (Å²) in [5.74, 6) is -0.215. The molecule has 1 unspecified atom stereocenters. The summed E-state index contributed by atoms with van der Waals surface area (Å²) in [5.41, 5.74) is 3.18. The van der Waals surface area contributed by atoms with Gasteiger partial charge in [-0.1, -0.05) is 19.1 Å². The molecule has 0 saturated carbocycles. The molecule has 0 bridgehead atoms. The Labute approximate surface area is 107 Å². The number of nitrogens with one attached hydrogen (secondary N) is 1. The Balaban J connectivity index is 2.38. The highest BCUT2D eigenvalue weighted by Crippen LogP contribution is 2.22. The Morgan fingerprint density at radius 1 is 1.33 bits per heavy atom. The van der Waals surface area contributed by atoms with Crippen LogP contribution in [0.25, 0.3) is 0 Å². The molecular formula is C14H18FN3. The SMILES string of the molecule is CCc1cc(C(NC)c2ccc(F)cc2)n(C)n1. The molecule has 0 radical (unpaired) electrons. The lowest BCUT2D eigenvalue weighted by Gasteiger charge is -2.16. The first kappa shape index (κ1) is 12.8. The predicted molar refractivity (Wildman–Crippen MR) is 69.9 cm³/mol. The fourth-order valence-electron chi connectivity index (χ4n) is 2.13. The monoisotopic (exact) mass is 247 g/mol. The Kier molecular flexibility index (Phi) is 3.77. The fourth-order valence-corrected chi connectivity index (χ4v) is 2.13. The quantitative estimate of drug-likeness (QED) is 0.899. The van der Waals surface area contributed by atoms with Crippen LogP contribution in [0.4, 0.5) is 4.39 Å². The molecule has 0 aliphatic carbocycles. The molecule has 2 aromatic rings. The zero-order valence-corrected chi connectivity index (χ0v) is 10.9. The lowest BCUT2D eigenvalue weighted by atomic mass is 10.0. The van der Waals surface area contributed by atoms with E-state index in [1.165, 1.54) is 12.1 Å². The van der Waals surface area contributed by atoms with E-state index < -0.39 is 0 Å². The first-order chi connectivity index (χ1) is 8.65. The van der Waals surface area contributed by atoms with Crippen LogP contribution in [0.3, 0.4) is 0 Å². The minimum absolute atomic E-state index is 0.0309. The van der Waals surface area contributed by atoms with Crippen molar-refractivity contribution < 1.29 is 4.39 Å². The zero-order chi connectivity index (χ0) is 13.1. The third kappa shape index (κ3) is 2.43. The van der Waals surface area contributed by atoms with Gasteiger partial charge < -0.3 is 5.32 Å². The van der Waals surface area contributed by atoms with Crippen LogP contribution in [0.2, 0.25) is 0 Å². The number of aromatic nitrogens is 2. The van der Waals surface area contributed by atoms with Gasteiger partial charge in [-0.25, -0.2) is 4.39 Å². The average Bonchev–Trinajstić information content (AvgIpc) is 2.74. The van der Waals surface area contributed by atoms with E-state index in [4.69, 9.17) is 0 Å². The van der Waals surface area contributed by atoms with E-state index >= 15 is 0 Å². The second kappa shape index (κ2) is 5.31. The number of benzene rings is 1. The van der Waals surface area contributed by atoms with Crippen LogP contribution in [0.5, 0.6) is 0 Å². The molecule has 4 heteroatoms. The van der Waals surface area contributed by atoms with Crippen molar-refractivity contribution in [2.75, 3.05) is 7.05 Å². The van der Waals surface area contributed by atoms with Crippen molar-refractivity contribution >= 4 is 0 Å². The van der Waals surface area contributed by atoms with Gasteiger partial charge in [0.25, 0.3) is 0 Å². The molecule has 0 fully saturated rings. The summed E-state index contributed by atoms with van der Waals surface area (Å²) < 4.78 is 14.8. The second-order valence-corrected chi connectivity index (χ2v) is 4.31. The van der Waals surface area contributed by atoms with E-state index in [1.54, 1.807) is 12.1 Å². The lowest BCUT2D eigenvalue weighted by Crippen LogP contribution is -2.20. The standard InChI is InChI=1S/C14H18FN3/c1-4-12-9-13(18(3)17-12)14(16-2)10-5-7-11(15)8-6-10/h5-9,14,16H,4H2,1-3H3. The number of nitrogens with zero attached hydrogens (tertiary/aromatic N) is 2. The minimum Gasteiger partial charge on any atom is -0.308 e. The van der Waals surface area contributed by atoms with Gasteiger partial charge in [0, 0.05) is 7.05 Å². The van der Waals surface area contributed by atoms with Gasteiger partial charge in [0.15, 0.2) is 0 Å². The molecule has 3 nitrogen and oxygen atoms in total. The molecule has 0 saturated heterocycles. The van der Waals surface area contributed by atoms with E-state index in [-0.39, 0.29) is 11.9 Å². The molecule has 2 rings (SSSR count). The van der Waals surface area contributed by atoms with Crippen molar-refractivity contribution in [3.8, 4) is 0 Å². The molecule has 1 heterocycles. The summed E-state index contributed by atoms with van der Waals surface area (Å²) in [4.78, 5) is 0. The van der Waals surface area contributed by atoms with Gasteiger partial charge in [-0.3, -0.25) is 4.68 Å². The van der Waals surface area contributed by atoms with Gasteiger partial charge >= 0.3 is 0 Å². The molecular weight excluding hydrogens is 229 g/mol. The van der Waals surface area contributed by atoms with Gasteiger partial charge in [-0.05, 0) is 37.2 Å². The Morgan fingerprint density at radius 3 is 2.50 bits per heavy atom. The second-order valence-electron chi connectivity index (χ2n) is 4.31. The first-order valence-electron chi connectivity index (χ1n) is 6.11. The fraction of sp³-hybridized carbons (Fsp3) is 0.357. The molecule has 18 heavy (non-hydrogen) atoms. The van der Waals surface area contributed by atoms with Crippen LogP contribution < -0.4 is 5.32 Å². The number of hydrogen-bond donors (Lipinski definition) is 1. The molecule has 96 valence electrons. The maximum absolute atomic E-state index is 13.0. The lowest BCUT2D eigenvalue weighted by molar-refractivity contribution is 0.598. The minimum atomic E-state index is -0.215. The van der Waals surface area contributed by atoms with E-state index in [1.807, 2.05) is 18.8 Å². The van der Waals surface area contributed by atoms with E-state index in [2.05, 4.69) is 23.4 Å². The summed E-state index contributed by atoms with van der Waals surface area (Å²) in [7, 11) is 3.83. The van der Waals surface area contributed by atoms with Gasteiger partial charge in [0.05, 0.1) is 17.4 Å². The molecule has 1 atom stereocenters. The smallest absolute Gasteiger partial charge is 0.123 e. The molecule has 1 aromatic carbocycles. The molecule has 0 amide bonds. The molecule has 0 spiro atoms.